The molecule has 2 aromatic rings. The molecular weight excluding hydrogens is 180 g/mol. The summed E-state index contributed by atoms with van der Waals surface area (Å²) in [7, 11) is 0. The van der Waals surface area contributed by atoms with E-state index >= 15 is 0 Å². The number of nitrogens with two attached hydrogens (primary N) is 1. The van der Waals surface area contributed by atoms with Crippen molar-refractivity contribution >= 4 is 16.7 Å². The molecule has 0 bridgehead atoms. The third-order valence-corrected chi connectivity index (χ3v) is 2.02. The first-order valence-electron chi connectivity index (χ1n) is 4.18. The monoisotopic (exact) mass is 190 g/mol. The smallest absolute Gasteiger partial charge is 0.143 e. The molecule has 1 aromatic heterocycles. The second-order valence-electron chi connectivity index (χ2n) is 3.06. The number of nitrogens with one attached hydrogen (secondary N) is 1. The molecule has 0 aliphatic rings. The lowest BCUT2D eigenvalue weighted by atomic mass is 10.1. The van der Waals surface area contributed by atoms with E-state index in [1.165, 1.54) is 0 Å². The molecule has 0 saturated heterocycles. The van der Waals surface area contributed by atoms with Crippen LogP contribution in [0.5, 0.6) is 0 Å². The number of rotatable bonds is 2. The first kappa shape index (κ1) is 8.55. The predicted octanol–water partition coefficient (Wildman–Crippen LogP) is 0.852. The van der Waals surface area contributed by atoms with Crippen LogP contribution < -0.4 is 5.73 Å². The molecule has 0 aliphatic carbocycles. The van der Waals surface area contributed by atoms with Gasteiger partial charge in [0, 0.05) is 11.8 Å². The molecule has 14 heavy (non-hydrogen) atoms. The first-order chi connectivity index (χ1) is 6.79. The number of aromatic nitrogens is 2. The van der Waals surface area contributed by atoms with Crippen LogP contribution in [0.2, 0.25) is 0 Å². The molecule has 0 unspecified atom stereocenters. The van der Waals surface area contributed by atoms with E-state index < -0.39 is 0 Å². The van der Waals surface area contributed by atoms with E-state index in [0.29, 0.717) is 6.42 Å². The molecule has 0 fully saturated rings. The van der Waals surface area contributed by atoms with Gasteiger partial charge in [0.2, 0.25) is 0 Å². The summed E-state index contributed by atoms with van der Waals surface area (Å²) in [6, 6.07) is 5.79. The molecule has 0 amide bonds. The fourth-order valence-corrected chi connectivity index (χ4v) is 1.35. The molecule has 0 spiro atoms. The maximum absolute atomic E-state index is 8.41. The molecule has 4 N–H and O–H groups in total. The van der Waals surface area contributed by atoms with E-state index in [2.05, 4.69) is 15.4 Å². The highest BCUT2D eigenvalue weighted by Crippen LogP contribution is 2.12. The Kier molecular flexibility index (Phi) is 2.06. The highest BCUT2D eigenvalue weighted by Gasteiger charge is 2.00. The molecular formula is C9H10N4O. The topological polar surface area (TPSA) is 87.3 Å². The lowest BCUT2D eigenvalue weighted by Gasteiger charge is -1.98. The predicted molar refractivity (Wildman–Crippen MR) is 53.2 cm³/mol. The van der Waals surface area contributed by atoms with Gasteiger partial charge in [-0.2, -0.15) is 5.10 Å². The van der Waals surface area contributed by atoms with Crippen molar-refractivity contribution in [2.45, 2.75) is 6.42 Å². The van der Waals surface area contributed by atoms with Gasteiger partial charge >= 0.3 is 0 Å². The number of oxime groups is 1. The highest BCUT2D eigenvalue weighted by molar-refractivity contribution is 5.84. The van der Waals surface area contributed by atoms with E-state index in [0.717, 1.165) is 16.5 Å². The summed E-state index contributed by atoms with van der Waals surface area (Å²) in [6.45, 7) is 0. The molecule has 0 atom stereocenters. The molecule has 1 heterocycles. The van der Waals surface area contributed by atoms with Crippen LogP contribution in [0.1, 0.15) is 5.56 Å². The number of hydrogen-bond donors (Lipinski definition) is 3. The van der Waals surface area contributed by atoms with Crippen LogP contribution in [0.15, 0.2) is 29.6 Å². The Morgan fingerprint density at radius 2 is 2.43 bits per heavy atom. The van der Waals surface area contributed by atoms with Gasteiger partial charge in [0.15, 0.2) is 0 Å². The van der Waals surface area contributed by atoms with Crippen LogP contribution in [0.4, 0.5) is 0 Å². The molecule has 0 saturated carbocycles. The molecule has 2 rings (SSSR count). The van der Waals surface area contributed by atoms with Crippen LogP contribution in [-0.4, -0.2) is 21.2 Å². The Morgan fingerprint density at radius 3 is 3.21 bits per heavy atom. The fraction of sp³-hybridized carbons (Fsp3) is 0.111. The van der Waals surface area contributed by atoms with Crippen molar-refractivity contribution in [3.05, 3.63) is 30.0 Å². The Hall–Kier alpha value is -2.04. The molecule has 5 heteroatoms. The van der Waals surface area contributed by atoms with Crippen molar-refractivity contribution in [1.82, 2.24) is 10.2 Å². The molecule has 5 nitrogen and oxygen atoms in total. The summed E-state index contributed by atoms with van der Waals surface area (Å²) >= 11 is 0. The summed E-state index contributed by atoms with van der Waals surface area (Å²) in [4.78, 5) is 0. The summed E-state index contributed by atoms with van der Waals surface area (Å²) in [5, 5.41) is 19.1. The zero-order valence-corrected chi connectivity index (χ0v) is 7.44. The fourth-order valence-electron chi connectivity index (χ4n) is 1.35. The summed E-state index contributed by atoms with van der Waals surface area (Å²) < 4.78 is 0. The van der Waals surface area contributed by atoms with E-state index in [9.17, 15) is 0 Å². The number of fused-ring (bicyclic) bond motifs is 1. The molecule has 72 valence electrons. The maximum Gasteiger partial charge on any atom is 0.143 e. The third kappa shape index (κ3) is 1.52. The van der Waals surface area contributed by atoms with Gasteiger partial charge in [-0.05, 0) is 17.7 Å². The van der Waals surface area contributed by atoms with Crippen molar-refractivity contribution in [3.63, 3.8) is 0 Å². The molecule has 0 radical (unpaired) electrons. The first-order valence-corrected chi connectivity index (χ1v) is 4.18. The summed E-state index contributed by atoms with van der Waals surface area (Å²) in [5.41, 5.74) is 7.38. The maximum atomic E-state index is 8.41. The van der Waals surface area contributed by atoms with Gasteiger partial charge in [-0.15, -0.1) is 0 Å². The van der Waals surface area contributed by atoms with E-state index in [1.807, 2.05) is 18.2 Å². The zero-order chi connectivity index (χ0) is 9.97. The zero-order valence-electron chi connectivity index (χ0n) is 7.44. The van der Waals surface area contributed by atoms with E-state index in [-0.39, 0.29) is 5.84 Å². The molecule has 1 aromatic carbocycles. The number of benzene rings is 1. The second kappa shape index (κ2) is 3.37. The van der Waals surface area contributed by atoms with Gasteiger partial charge in [0.05, 0.1) is 11.7 Å². The summed E-state index contributed by atoms with van der Waals surface area (Å²) in [5.74, 6) is 0.202. The van der Waals surface area contributed by atoms with E-state index in [1.54, 1.807) is 6.20 Å². The largest absolute Gasteiger partial charge is 0.409 e. The van der Waals surface area contributed by atoms with Crippen molar-refractivity contribution in [3.8, 4) is 0 Å². The molecule has 0 aliphatic heterocycles. The number of H-pyrrole nitrogens is 1. The minimum Gasteiger partial charge on any atom is -0.409 e. The lowest BCUT2D eigenvalue weighted by Crippen LogP contribution is -2.14. The Balaban J connectivity index is 2.34. The van der Waals surface area contributed by atoms with Crippen LogP contribution in [0.3, 0.4) is 0 Å². The van der Waals surface area contributed by atoms with Gasteiger partial charge in [0.25, 0.3) is 0 Å². The number of aromatic amines is 1. The number of nitrogens with zero attached hydrogens (tertiary/aromatic N) is 2. The minimum atomic E-state index is 0.202. The van der Waals surface area contributed by atoms with Gasteiger partial charge < -0.3 is 10.9 Å². The van der Waals surface area contributed by atoms with E-state index in [4.69, 9.17) is 10.9 Å². The van der Waals surface area contributed by atoms with Crippen LogP contribution in [0, 0.1) is 0 Å². The Bertz CT molecular complexity index is 474. The van der Waals surface area contributed by atoms with Crippen LogP contribution >= 0.6 is 0 Å². The Morgan fingerprint density at radius 1 is 1.57 bits per heavy atom. The van der Waals surface area contributed by atoms with Crippen LogP contribution in [-0.2, 0) is 6.42 Å². The van der Waals surface area contributed by atoms with Crippen molar-refractivity contribution in [2.75, 3.05) is 0 Å². The van der Waals surface area contributed by atoms with Gasteiger partial charge in [-0.1, -0.05) is 11.2 Å². The third-order valence-electron chi connectivity index (χ3n) is 2.02. The van der Waals surface area contributed by atoms with Gasteiger partial charge in [0.1, 0.15) is 5.84 Å². The lowest BCUT2D eigenvalue weighted by molar-refractivity contribution is 0.317. The van der Waals surface area contributed by atoms with Crippen molar-refractivity contribution < 1.29 is 5.21 Å². The second-order valence-corrected chi connectivity index (χ2v) is 3.06. The highest BCUT2D eigenvalue weighted by atomic mass is 16.4. The number of amidine groups is 1. The standard InChI is InChI=1S/C9H10N4O/c10-9(13-14)4-6-1-2-8-7(3-6)5-11-12-8/h1-3,5,14H,4H2,(H2,10,13)(H,11,12). The summed E-state index contributed by atoms with van der Waals surface area (Å²) in [6.07, 6.45) is 2.18. The quantitative estimate of drug-likeness (QED) is 0.284. The van der Waals surface area contributed by atoms with Crippen molar-refractivity contribution in [1.29, 1.82) is 0 Å². The Labute approximate surface area is 80.2 Å². The van der Waals surface area contributed by atoms with Crippen molar-refractivity contribution in [2.24, 2.45) is 10.9 Å². The van der Waals surface area contributed by atoms with Gasteiger partial charge in [-0.25, -0.2) is 0 Å². The average molecular weight is 190 g/mol. The van der Waals surface area contributed by atoms with Crippen LogP contribution in [0.25, 0.3) is 10.9 Å². The SMILES string of the molecule is N/C(Cc1ccc2[nH]ncc2c1)=N\O. The van der Waals surface area contributed by atoms with Gasteiger partial charge in [-0.3, -0.25) is 5.10 Å². The average Bonchev–Trinajstić information content (AvgIpc) is 2.64. The normalized spacial score (nSPS) is 12.1. The number of hydrogen-bond acceptors (Lipinski definition) is 3. The minimum absolute atomic E-state index is 0.202.